The lowest BCUT2D eigenvalue weighted by Crippen LogP contribution is -2.13. The number of halogens is 3. The zero-order valence-electron chi connectivity index (χ0n) is 18.6. The molecule has 0 atom stereocenters. The van der Waals surface area contributed by atoms with Crippen molar-refractivity contribution in [1.82, 2.24) is 0 Å². The Labute approximate surface area is 188 Å². The number of fused-ring (bicyclic) bond motifs is 1. The van der Waals surface area contributed by atoms with Gasteiger partial charge in [0.25, 0.3) is 0 Å². The third-order valence-corrected chi connectivity index (χ3v) is 6.78. The summed E-state index contributed by atoms with van der Waals surface area (Å²) in [5, 5.41) is 0.781. The molecule has 3 aromatic carbocycles. The van der Waals surface area contributed by atoms with Crippen LogP contribution >= 0.6 is 0 Å². The fraction of sp³-hybridized carbons (Fsp3) is 0.379. The molecule has 0 aromatic heterocycles. The van der Waals surface area contributed by atoms with Crippen molar-refractivity contribution in [2.24, 2.45) is 5.92 Å². The van der Waals surface area contributed by atoms with Crippen molar-refractivity contribution in [1.29, 1.82) is 0 Å². The summed E-state index contributed by atoms with van der Waals surface area (Å²) in [6, 6.07) is 12.9. The summed E-state index contributed by atoms with van der Waals surface area (Å²) in [5.74, 6) is 5.08. The third-order valence-electron chi connectivity index (χ3n) is 6.78. The van der Waals surface area contributed by atoms with Gasteiger partial charge in [-0.2, -0.15) is 0 Å². The monoisotopic (exact) mass is 434 g/mol. The molecular formula is C29H29F3. The lowest BCUT2D eigenvalue weighted by atomic mass is 9.77. The maximum absolute atomic E-state index is 14.7. The summed E-state index contributed by atoms with van der Waals surface area (Å²) >= 11 is 0. The van der Waals surface area contributed by atoms with E-state index < -0.39 is 11.6 Å². The minimum Gasteiger partial charge on any atom is -0.206 e. The van der Waals surface area contributed by atoms with Crippen molar-refractivity contribution in [2.75, 3.05) is 0 Å². The Balaban J connectivity index is 1.43. The van der Waals surface area contributed by atoms with Crippen LogP contribution in [0.5, 0.6) is 0 Å². The molecule has 32 heavy (non-hydrogen) atoms. The van der Waals surface area contributed by atoms with Crippen LogP contribution in [0.25, 0.3) is 10.8 Å². The van der Waals surface area contributed by atoms with Gasteiger partial charge in [-0.05, 0) is 78.8 Å². The Bertz CT molecular complexity index is 1140. The van der Waals surface area contributed by atoms with Gasteiger partial charge in [0, 0.05) is 10.9 Å². The Kier molecular flexibility index (Phi) is 7.20. The maximum Gasteiger partial charge on any atom is 0.166 e. The lowest BCUT2D eigenvalue weighted by Gasteiger charge is -2.29. The molecule has 0 bridgehead atoms. The zero-order valence-corrected chi connectivity index (χ0v) is 18.6. The van der Waals surface area contributed by atoms with Crippen molar-refractivity contribution in [3.05, 3.63) is 82.7 Å². The first kappa shape index (κ1) is 22.5. The van der Waals surface area contributed by atoms with Crippen molar-refractivity contribution < 1.29 is 13.2 Å². The first-order chi connectivity index (χ1) is 15.5. The van der Waals surface area contributed by atoms with Crippen LogP contribution in [0.2, 0.25) is 0 Å². The van der Waals surface area contributed by atoms with Crippen molar-refractivity contribution in [3.63, 3.8) is 0 Å². The van der Waals surface area contributed by atoms with Crippen LogP contribution in [0.3, 0.4) is 0 Å². The molecule has 0 amide bonds. The Hall–Kier alpha value is -2.73. The first-order valence-electron chi connectivity index (χ1n) is 11.7. The van der Waals surface area contributed by atoms with Gasteiger partial charge in [-0.3, -0.25) is 0 Å². The van der Waals surface area contributed by atoms with E-state index in [0.29, 0.717) is 22.4 Å². The summed E-state index contributed by atoms with van der Waals surface area (Å²) in [5.41, 5.74) is 2.06. The molecule has 0 N–H and O–H groups in total. The molecule has 0 radical (unpaired) electrons. The normalized spacial score (nSPS) is 18.4. The number of unbranched alkanes of at least 4 members (excludes halogenated alkanes) is 2. The molecule has 1 aliphatic rings. The number of hydrogen-bond acceptors (Lipinski definition) is 0. The highest BCUT2D eigenvalue weighted by molar-refractivity contribution is 5.84. The molecule has 0 unspecified atom stereocenters. The van der Waals surface area contributed by atoms with E-state index in [1.165, 1.54) is 50.7 Å². The van der Waals surface area contributed by atoms with E-state index in [-0.39, 0.29) is 11.2 Å². The topological polar surface area (TPSA) is 0 Å². The fourth-order valence-electron chi connectivity index (χ4n) is 4.84. The molecular weight excluding hydrogens is 405 g/mol. The van der Waals surface area contributed by atoms with Crippen LogP contribution < -0.4 is 0 Å². The number of benzene rings is 3. The lowest BCUT2D eigenvalue weighted by molar-refractivity contribution is 0.302. The van der Waals surface area contributed by atoms with Gasteiger partial charge >= 0.3 is 0 Å². The van der Waals surface area contributed by atoms with Crippen molar-refractivity contribution >= 4 is 10.8 Å². The predicted molar refractivity (Wildman–Crippen MR) is 125 cm³/mol. The highest BCUT2D eigenvalue weighted by Gasteiger charge is 2.22. The van der Waals surface area contributed by atoms with Crippen LogP contribution in [-0.2, 0) is 0 Å². The van der Waals surface area contributed by atoms with E-state index in [4.69, 9.17) is 0 Å². The van der Waals surface area contributed by atoms with Gasteiger partial charge in [0.2, 0.25) is 0 Å². The molecule has 0 aliphatic heterocycles. The van der Waals surface area contributed by atoms with E-state index in [2.05, 4.69) is 18.8 Å². The average Bonchev–Trinajstić information content (AvgIpc) is 2.81. The molecule has 1 aliphatic carbocycles. The summed E-state index contributed by atoms with van der Waals surface area (Å²) in [6.45, 7) is 2.24. The number of rotatable bonds is 5. The number of hydrogen-bond donors (Lipinski definition) is 0. The van der Waals surface area contributed by atoms with Crippen LogP contribution in [0.4, 0.5) is 13.2 Å². The van der Waals surface area contributed by atoms with Crippen LogP contribution in [0.15, 0.2) is 48.5 Å². The van der Waals surface area contributed by atoms with Crippen molar-refractivity contribution in [3.8, 4) is 11.8 Å². The second kappa shape index (κ2) is 10.3. The molecule has 1 saturated carbocycles. The molecule has 0 nitrogen and oxygen atoms in total. The third kappa shape index (κ3) is 5.18. The van der Waals surface area contributed by atoms with Crippen molar-refractivity contribution in [2.45, 2.75) is 64.2 Å². The van der Waals surface area contributed by atoms with E-state index in [9.17, 15) is 13.2 Å². The van der Waals surface area contributed by atoms with Crippen LogP contribution in [-0.4, -0.2) is 0 Å². The fourth-order valence-corrected chi connectivity index (χ4v) is 4.84. The first-order valence-corrected chi connectivity index (χ1v) is 11.7. The summed E-state index contributed by atoms with van der Waals surface area (Å²) in [6.07, 6.45) is 10.0. The quantitative estimate of drug-likeness (QED) is 0.279. The highest BCUT2D eigenvalue weighted by atomic mass is 19.2. The minimum absolute atomic E-state index is 0.214. The van der Waals surface area contributed by atoms with E-state index >= 15 is 0 Å². The van der Waals surface area contributed by atoms with E-state index in [1.54, 1.807) is 24.3 Å². The smallest absolute Gasteiger partial charge is 0.166 e. The molecule has 1 fully saturated rings. The molecule has 166 valence electrons. The average molecular weight is 435 g/mol. The largest absolute Gasteiger partial charge is 0.206 e. The van der Waals surface area contributed by atoms with Gasteiger partial charge in [0.1, 0.15) is 5.82 Å². The second-order valence-electron chi connectivity index (χ2n) is 9.00. The second-order valence-corrected chi connectivity index (χ2v) is 9.00. The van der Waals surface area contributed by atoms with Crippen LogP contribution in [0.1, 0.15) is 80.9 Å². The van der Waals surface area contributed by atoms with Gasteiger partial charge in [-0.25, -0.2) is 13.2 Å². The summed E-state index contributed by atoms with van der Waals surface area (Å²) in [4.78, 5) is 0. The van der Waals surface area contributed by atoms with Crippen LogP contribution in [0, 0.1) is 35.2 Å². The summed E-state index contributed by atoms with van der Waals surface area (Å²) in [7, 11) is 0. The Morgan fingerprint density at radius 2 is 1.62 bits per heavy atom. The molecule has 4 rings (SSSR count). The van der Waals surface area contributed by atoms with E-state index in [0.717, 1.165) is 30.4 Å². The van der Waals surface area contributed by atoms with Gasteiger partial charge in [0.15, 0.2) is 11.6 Å². The van der Waals surface area contributed by atoms with Gasteiger partial charge in [-0.15, -0.1) is 0 Å². The SMILES string of the molecule is CCCCCC1CCC(c2ccc(C#Cc3ccc4c(F)c(F)ccc4c3)c(F)c2)CC1. The molecule has 3 aromatic rings. The standard InChI is InChI=1S/C29H29F3/c1-2-3-4-5-20-6-10-22(11-7-20)24-14-13-23(28(31)19-24)12-8-21-9-16-26-25(18-21)15-17-27(30)29(26)32/h9,13-20,22H,2-7,10-11H2,1H3. The van der Waals surface area contributed by atoms with E-state index in [1.807, 2.05) is 6.07 Å². The molecule has 3 heteroatoms. The van der Waals surface area contributed by atoms with Gasteiger partial charge < -0.3 is 0 Å². The zero-order chi connectivity index (χ0) is 22.5. The highest BCUT2D eigenvalue weighted by Crippen LogP contribution is 2.38. The Morgan fingerprint density at radius 3 is 2.38 bits per heavy atom. The molecule has 0 spiro atoms. The van der Waals surface area contributed by atoms with Gasteiger partial charge in [-0.1, -0.05) is 62.6 Å². The molecule has 0 heterocycles. The minimum atomic E-state index is -0.872. The maximum atomic E-state index is 14.7. The van der Waals surface area contributed by atoms with Gasteiger partial charge in [0.05, 0.1) is 5.56 Å². The predicted octanol–water partition coefficient (Wildman–Crippen LogP) is 8.51. The summed E-state index contributed by atoms with van der Waals surface area (Å²) < 4.78 is 42.0. The Morgan fingerprint density at radius 1 is 0.812 bits per heavy atom. The molecule has 0 saturated heterocycles.